The van der Waals surface area contributed by atoms with Crippen molar-refractivity contribution in [3.05, 3.63) is 24.3 Å². The van der Waals surface area contributed by atoms with Crippen LogP contribution < -0.4 is 5.32 Å². The number of esters is 1. The molecule has 6 nitrogen and oxygen atoms in total. The molecule has 0 aliphatic heterocycles. The molecule has 0 aromatic heterocycles. The normalized spacial score (nSPS) is 12.8. The zero-order chi connectivity index (χ0) is 46.5. The SMILES string of the molecule is CCCCCCCCCCCCCCCCCCCC/C=C/C(O)C(CO)NC(=O)CCCCC/C=C\CCCCCCCCOC(=O)CCCCCCCCCCCCCCCC. The monoisotopic (exact) mass is 902 g/mol. The van der Waals surface area contributed by atoms with Crippen molar-refractivity contribution in [2.24, 2.45) is 0 Å². The van der Waals surface area contributed by atoms with Crippen LogP contribution in [0.3, 0.4) is 0 Å². The highest BCUT2D eigenvalue weighted by atomic mass is 16.5. The van der Waals surface area contributed by atoms with E-state index in [1.807, 2.05) is 6.08 Å². The molecule has 378 valence electrons. The van der Waals surface area contributed by atoms with Gasteiger partial charge in [-0.2, -0.15) is 0 Å². The van der Waals surface area contributed by atoms with Crippen LogP contribution in [0.25, 0.3) is 0 Å². The highest BCUT2D eigenvalue weighted by Gasteiger charge is 2.18. The fourth-order valence-electron chi connectivity index (χ4n) is 8.81. The standard InChI is InChI=1S/C58H111NO5/c1-3-5-7-9-11-13-15-17-19-20-21-22-23-24-26-30-34-38-42-46-50-56(61)55(54-60)59-57(62)51-47-43-39-35-31-27-25-29-33-37-41-45-49-53-64-58(63)52-48-44-40-36-32-28-18-16-14-12-10-8-6-4-2/h27,31,46,50,55-56,60-61H,3-26,28-30,32-45,47-49,51-54H2,1-2H3,(H,59,62)/b31-27-,50-46+. The Bertz CT molecular complexity index is 997. The van der Waals surface area contributed by atoms with Gasteiger partial charge >= 0.3 is 5.97 Å². The number of amides is 1. The number of rotatable bonds is 53. The highest BCUT2D eigenvalue weighted by Crippen LogP contribution is 2.17. The van der Waals surface area contributed by atoms with Gasteiger partial charge < -0.3 is 20.3 Å². The van der Waals surface area contributed by atoms with Gasteiger partial charge in [-0.15, -0.1) is 0 Å². The van der Waals surface area contributed by atoms with Gasteiger partial charge in [0.1, 0.15) is 0 Å². The van der Waals surface area contributed by atoms with Crippen molar-refractivity contribution in [3.8, 4) is 0 Å². The summed E-state index contributed by atoms with van der Waals surface area (Å²) in [5, 5.41) is 23.1. The summed E-state index contributed by atoms with van der Waals surface area (Å²) in [4.78, 5) is 24.5. The number of hydrogen-bond donors (Lipinski definition) is 3. The molecular weight excluding hydrogens is 791 g/mol. The van der Waals surface area contributed by atoms with E-state index in [2.05, 4.69) is 31.3 Å². The van der Waals surface area contributed by atoms with Crippen LogP contribution in [0.1, 0.15) is 309 Å². The molecule has 0 aliphatic carbocycles. The molecule has 64 heavy (non-hydrogen) atoms. The van der Waals surface area contributed by atoms with Crippen molar-refractivity contribution in [1.29, 1.82) is 0 Å². The number of allylic oxidation sites excluding steroid dienone is 3. The molecule has 1 amide bonds. The van der Waals surface area contributed by atoms with E-state index in [4.69, 9.17) is 4.74 Å². The molecule has 0 saturated heterocycles. The number of unbranched alkanes of at least 4 members (excludes halogenated alkanes) is 40. The molecule has 2 unspecified atom stereocenters. The lowest BCUT2D eigenvalue weighted by molar-refractivity contribution is -0.143. The van der Waals surface area contributed by atoms with E-state index in [0.29, 0.717) is 19.4 Å². The number of aliphatic hydroxyl groups excluding tert-OH is 2. The molecule has 0 fully saturated rings. The third-order valence-corrected chi connectivity index (χ3v) is 13.2. The summed E-state index contributed by atoms with van der Waals surface area (Å²) >= 11 is 0. The third kappa shape index (κ3) is 49.8. The maximum Gasteiger partial charge on any atom is 0.305 e. The van der Waals surface area contributed by atoms with Gasteiger partial charge in [0.2, 0.25) is 5.91 Å². The van der Waals surface area contributed by atoms with Gasteiger partial charge in [-0.25, -0.2) is 0 Å². The molecule has 3 N–H and O–H groups in total. The quantitative estimate of drug-likeness (QED) is 0.0321. The summed E-state index contributed by atoms with van der Waals surface area (Å²) in [5.41, 5.74) is 0. The lowest BCUT2D eigenvalue weighted by Gasteiger charge is -2.19. The Morgan fingerprint density at radius 1 is 0.422 bits per heavy atom. The Hall–Kier alpha value is -1.66. The predicted octanol–water partition coefficient (Wildman–Crippen LogP) is 17.5. The number of nitrogens with one attached hydrogen (secondary N) is 1. The minimum Gasteiger partial charge on any atom is -0.466 e. The molecule has 0 aliphatic rings. The van der Waals surface area contributed by atoms with Crippen molar-refractivity contribution in [3.63, 3.8) is 0 Å². The van der Waals surface area contributed by atoms with Crippen LogP contribution >= 0.6 is 0 Å². The molecular formula is C58H111NO5. The van der Waals surface area contributed by atoms with E-state index in [1.165, 1.54) is 212 Å². The molecule has 2 atom stereocenters. The van der Waals surface area contributed by atoms with Gasteiger partial charge in [0.05, 0.1) is 25.4 Å². The molecule has 0 aromatic rings. The minimum atomic E-state index is -0.862. The van der Waals surface area contributed by atoms with Crippen LogP contribution in [0.4, 0.5) is 0 Å². The van der Waals surface area contributed by atoms with Gasteiger partial charge in [-0.3, -0.25) is 9.59 Å². The summed E-state index contributed by atoms with van der Waals surface area (Å²) in [6.45, 7) is 4.88. The Balaban J connectivity index is 3.52. The third-order valence-electron chi connectivity index (χ3n) is 13.2. The van der Waals surface area contributed by atoms with E-state index in [-0.39, 0.29) is 18.5 Å². The maximum atomic E-state index is 12.5. The Morgan fingerprint density at radius 3 is 1.12 bits per heavy atom. The Morgan fingerprint density at radius 2 is 0.734 bits per heavy atom. The number of carbonyl (C=O) groups excluding carboxylic acids is 2. The van der Waals surface area contributed by atoms with Crippen molar-refractivity contribution < 1.29 is 24.5 Å². The minimum absolute atomic E-state index is 0.0114. The summed E-state index contributed by atoms with van der Waals surface area (Å²) in [7, 11) is 0. The van der Waals surface area contributed by atoms with E-state index < -0.39 is 12.1 Å². The first-order chi connectivity index (χ1) is 31.5. The van der Waals surface area contributed by atoms with Crippen LogP contribution in [-0.4, -0.2) is 47.4 Å². The first-order valence-electron chi connectivity index (χ1n) is 28.6. The first kappa shape index (κ1) is 62.3. The fourth-order valence-corrected chi connectivity index (χ4v) is 8.81. The number of hydrogen-bond acceptors (Lipinski definition) is 5. The molecule has 0 rings (SSSR count). The fraction of sp³-hybridized carbons (Fsp3) is 0.897. The highest BCUT2D eigenvalue weighted by molar-refractivity contribution is 5.76. The largest absolute Gasteiger partial charge is 0.466 e. The van der Waals surface area contributed by atoms with E-state index in [0.717, 1.165) is 70.6 Å². The van der Waals surface area contributed by atoms with Crippen LogP contribution in [0.2, 0.25) is 0 Å². The van der Waals surface area contributed by atoms with Gasteiger partial charge in [0.25, 0.3) is 0 Å². The summed E-state index contributed by atoms with van der Waals surface area (Å²) in [6, 6.07) is -0.648. The Kier molecular flexibility index (Phi) is 52.6. The smallest absolute Gasteiger partial charge is 0.305 e. The van der Waals surface area contributed by atoms with Crippen LogP contribution in [0.15, 0.2) is 24.3 Å². The average Bonchev–Trinajstić information content (AvgIpc) is 3.29. The second kappa shape index (κ2) is 54.0. The van der Waals surface area contributed by atoms with Crippen LogP contribution in [0.5, 0.6) is 0 Å². The van der Waals surface area contributed by atoms with E-state index >= 15 is 0 Å². The zero-order valence-corrected chi connectivity index (χ0v) is 43.0. The average molecular weight is 903 g/mol. The lowest BCUT2D eigenvalue weighted by Crippen LogP contribution is -2.45. The zero-order valence-electron chi connectivity index (χ0n) is 43.0. The van der Waals surface area contributed by atoms with Crippen molar-refractivity contribution in [2.45, 2.75) is 321 Å². The second-order valence-electron chi connectivity index (χ2n) is 19.6. The molecule has 0 heterocycles. The second-order valence-corrected chi connectivity index (χ2v) is 19.6. The van der Waals surface area contributed by atoms with Crippen molar-refractivity contribution >= 4 is 11.9 Å². The number of aliphatic hydroxyl groups is 2. The van der Waals surface area contributed by atoms with E-state index in [9.17, 15) is 19.8 Å². The molecule has 0 radical (unpaired) electrons. The van der Waals surface area contributed by atoms with Gasteiger partial charge in [-0.1, -0.05) is 263 Å². The van der Waals surface area contributed by atoms with Gasteiger partial charge in [0.15, 0.2) is 0 Å². The number of ether oxygens (including phenoxy) is 1. The van der Waals surface area contributed by atoms with Gasteiger partial charge in [0, 0.05) is 12.8 Å². The summed E-state index contributed by atoms with van der Waals surface area (Å²) in [5.74, 6) is -0.107. The topological polar surface area (TPSA) is 95.9 Å². The molecule has 0 saturated carbocycles. The molecule has 0 bridgehead atoms. The summed E-state index contributed by atoms with van der Waals surface area (Å²) in [6.07, 6.45) is 64.8. The summed E-state index contributed by atoms with van der Waals surface area (Å²) < 4.78 is 5.46. The molecule has 6 heteroatoms. The van der Waals surface area contributed by atoms with Crippen molar-refractivity contribution in [1.82, 2.24) is 5.32 Å². The van der Waals surface area contributed by atoms with Crippen molar-refractivity contribution in [2.75, 3.05) is 13.2 Å². The van der Waals surface area contributed by atoms with E-state index in [1.54, 1.807) is 6.08 Å². The maximum absolute atomic E-state index is 12.5. The number of carbonyl (C=O) groups is 2. The van der Waals surface area contributed by atoms with Crippen LogP contribution in [0, 0.1) is 0 Å². The lowest BCUT2D eigenvalue weighted by atomic mass is 10.0. The van der Waals surface area contributed by atoms with Crippen LogP contribution in [-0.2, 0) is 14.3 Å². The Labute approximate surface area is 399 Å². The van der Waals surface area contributed by atoms with Gasteiger partial charge in [-0.05, 0) is 57.8 Å². The predicted molar refractivity (Wildman–Crippen MR) is 278 cm³/mol. The molecule has 0 spiro atoms. The molecule has 0 aromatic carbocycles. The first-order valence-corrected chi connectivity index (χ1v) is 28.6.